The van der Waals surface area contributed by atoms with Crippen LogP contribution in [0.3, 0.4) is 0 Å². The fraction of sp³-hybridized carbons (Fsp3) is 0.143. The van der Waals surface area contributed by atoms with E-state index in [9.17, 15) is 9.59 Å². The molecule has 1 aromatic carbocycles. The zero-order valence-electron chi connectivity index (χ0n) is 10.6. The molecule has 0 fully saturated rings. The first-order valence-corrected chi connectivity index (χ1v) is 7.66. The predicted molar refractivity (Wildman–Crippen MR) is 82.4 cm³/mol. The minimum absolute atomic E-state index is 0.00534. The van der Waals surface area contributed by atoms with Gasteiger partial charge in [0.15, 0.2) is 0 Å². The highest BCUT2D eigenvalue weighted by atomic mass is 79.9. The van der Waals surface area contributed by atoms with Gasteiger partial charge in [-0.05, 0) is 51.1 Å². The van der Waals surface area contributed by atoms with E-state index in [1.807, 2.05) is 17.5 Å². The quantitative estimate of drug-likeness (QED) is 0.839. The van der Waals surface area contributed by atoms with Crippen molar-refractivity contribution in [2.45, 2.75) is 6.54 Å². The molecule has 20 heavy (non-hydrogen) atoms. The largest absolute Gasteiger partial charge is 0.323 e. The molecule has 3 rings (SSSR count). The van der Waals surface area contributed by atoms with Crippen LogP contribution in [0.15, 0.2) is 34.1 Å². The Hall–Kier alpha value is -1.66. The van der Waals surface area contributed by atoms with Crippen molar-refractivity contribution in [1.29, 1.82) is 0 Å². The molecule has 1 aliphatic heterocycles. The third-order valence-corrected chi connectivity index (χ3v) is 5.02. The summed E-state index contributed by atoms with van der Waals surface area (Å²) in [5, 5.41) is 4.67. The van der Waals surface area contributed by atoms with E-state index in [1.165, 1.54) is 11.3 Å². The highest BCUT2D eigenvalue weighted by molar-refractivity contribution is 9.10. The van der Waals surface area contributed by atoms with Gasteiger partial charge in [0, 0.05) is 29.3 Å². The van der Waals surface area contributed by atoms with E-state index in [-0.39, 0.29) is 11.8 Å². The van der Waals surface area contributed by atoms with Crippen LogP contribution in [-0.4, -0.2) is 23.8 Å². The van der Waals surface area contributed by atoms with Crippen LogP contribution in [0.2, 0.25) is 0 Å². The lowest BCUT2D eigenvalue weighted by molar-refractivity contribution is 0.104. The summed E-state index contributed by atoms with van der Waals surface area (Å²) < 4.78 is 0.815. The van der Waals surface area contributed by atoms with E-state index in [4.69, 9.17) is 0 Å². The molecule has 1 aromatic heterocycles. The van der Waals surface area contributed by atoms with Crippen molar-refractivity contribution in [2.75, 3.05) is 12.4 Å². The molecule has 102 valence electrons. The maximum absolute atomic E-state index is 12.4. The molecule has 0 radical (unpaired) electrons. The summed E-state index contributed by atoms with van der Waals surface area (Å²) >= 11 is 4.80. The zero-order valence-corrected chi connectivity index (χ0v) is 13.0. The van der Waals surface area contributed by atoms with Crippen molar-refractivity contribution in [3.8, 4) is 0 Å². The monoisotopic (exact) mass is 350 g/mol. The Kier molecular flexibility index (Phi) is 3.35. The number of hydrogen-bond donors (Lipinski definition) is 1. The van der Waals surface area contributed by atoms with E-state index in [1.54, 1.807) is 24.1 Å². The summed E-state index contributed by atoms with van der Waals surface area (Å²) in [6, 6.07) is 7.12. The lowest BCUT2D eigenvalue weighted by atomic mass is 10.0. The van der Waals surface area contributed by atoms with E-state index in [2.05, 4.69) is 21.2 Å². The lowest BCUT2D eigenvalue weighted by Gasteiger charge is -2.26. The highest BCUT2D eigenvalue weighted by Crippen LogP contribution is 2.28. The average molecular weight is 351 g/mol. The summed E-state index contributed by atoms with van der Waals surface area (Å²) in [5.74, 6) is -0.00534. The third-order valence-electron chi connectivity index (χ3n) is 3.19. The molecule has 0 saturated carbocycles. The molecule has 2 heterocycles. The number of nitrogens with one attached hydrogen (secondary N) is 1. The van der Waals surface area contributed by atoms with Gasteiger partial charge in [-0.1, -0.05) is 0 Å². The first kappa shape index (κ1) is 13.3. The molecule has 6 heteroatoms. The minimum atomic E-state index is -0.127. The topological polar surface area (TPSA) is 49.4 Å². The van der Waals surface area contributed by atoms with Crippen LogP contribution < -0.4 is 5.32 Å². The van der Waals surface area contributed by atoms with Crippen LogP contribution in [0.25, 0.3) is 0 Å². The number of ketones is 1. The fourth-order valence-corrected chi connectivity index (χ4v) is 3.63. The first-order valence-electron chi connectivity index (χ1n) is 5.99. The third kappa shape index (κ3) is 2.25. The number of nitrogens with zero attached hydrogens (tertiary/aromatic N) is 1. The second-order valence-corrected chi connectivity index (χ2v) is 6.36. The van der Waals surface area contributed by atoms with Gasteiger partial charge in [0.25, 0.3) is 0 Å². The fourth-order valence-electron chi connectivity index (χ4n) is 2.11. The number of fused-ring (bicyclic) bond motifs is 1. The predicted octanol–water partition coefficient (Wildman–Crippen LogP) is 3.72. The minimum Gasteiger partial charge on any atom is -0.323 e. The lowest BCUT2D eigenvalue weighted by Crippen LogP contribution is -2.35. The number of carbonyl (C=O) groups excluding carboxylic acids is 2. The van der Waals surface area contributed by atoms with Crippen molar-refractivity contribution >= 4 is 44.8 Å². The van der Waals surface area contributed by atoms with Gasteiger partial charge in [0.1, 0.15) is 0 Å². The zero-order chi connectivity index (χ0) is 14.3. The number of amides is 2. The molecule has 4 nitrogen and oxygen atoms in total. The molecule has 0 saturated heterocycles. The Morgan fingerprint density at radius 2 is 2.20 bits per heavy atom. The van der Waals surface area contributed by atoms with Crippen LogP contribution in [0.5, 0.6) is 0 Å². The van der Waals surface area contributed by atoms with Crippen molar-refractivity contribution in [3.63, 3.8) is 0 Å². The Balaban J connectivity index is 1.97. The van der Waals surface area contributed by atoms with Crippen molar-refractivity contribution in [3.05, 3.63) is 50.1 Å². The van der Waals surface area contributed by atoms with Gasteiger partial charge >= 0.3 is 6.03 Å². The SMILES string of the molecule is CN1Cc2cc(C(=O)c3sccc3Br)ccc2NC1=O. The summed E-state index contributed by atoms with van der Waals surface area (Å²) in [7, 11) is 1.72. The number of halogens is 1. The van der Waals surface area contributed by atoms with Crippen molar-refractivity contribution in [1.82, 2.24) is 4.90 Å². The van der Waals surface area contributed by atoms with Gasteiger partial charge in [-0.3, -0.25) is 4.79 Å². The molecular formula is C14H11BrN2O2S. The maximum Gasteiger partial charge on any atom is 0.321 e. The molecule has 2 amide bonds. The van der Waals surface area contributed by atoms with E-state index in [0.29, 0.717) is 17.0 Å². The molecule has 1 aliphatic rings. The first-order chi connectivity index (χ1) is 9.56. The Labute approximate surface area is 128 Å². The van der Waals surface area contributed by atoms with Crippen LogP contribution in [0, 0.1) is 0 Å². The van der Waals surface area contributed by atoms with E-state index < -0.39 is 0 Å². The van der Waals surface area contributed by atoms with E-state index >= 15 is 0 Å². The normalized spacial score (nSPS) is 13.9. The standard InChI is InChI=1S/C14H11BrN2O2S/c1-17-7-9-6-8(2-3-11(9)16-14(17)19)12(18)13-10(15)4-5-20-13/h2-6H,7H2,1H3,(H,16,19). The van der Waals surface area contributed by atoms with Gasteiger partial charge in [-0.2, -0.15) is 0 Å². The van der Waals surface area contributed by atoms with Gasteiger partial charge < -0.3 is 10.2 Å². The molecule has 2 aromatic rings. The second kappa shape index (κ2) is 5.03. The Morgan fingerprint density at radius 3 is 2.90 bits per heavy atom. The van der Waals surface area contributed by atoms with Gasteiger partial charge in [-0.15, -0.1) is 11.3 Å². The summed E-state index contributed by atoms with van der Waals surface area (Å²) in [4.78, 5) is 26.3. The number of urea groups is 1. The second-order valence-electron chi connectivity index (χ2n) is 4.58. The van der Waals surface area contributed by atoms with Crippen molar-refractivity contribution < 1.29 is 9.59 Å². The van der Waals surface area contributed by atoms with Crippen molar-refractivity contribution in [2.24, 2.45) is 0 Å². The summed E-state index contributed by atoms with van der Waals surface area (Å²) in [6.07, 6.45) is 0. The Bertz CT molecular complexity index is 711. The average Bonchev–Trinajstić information content (AvgIpc) is 2.85. The van der Waals surface area contributed by atoms with Crippen LogP contribution >= 0.6 is 27.3 Å². The number of hydrogen-bond acceptors (Lipinski definition) is 3. The van der Waals surface area contributed by atoms with Crippen LogP contribution in [0.1, 0.15) is 20.8 Å². The van der Waals surface area contributed by atoms with Crippen LogP contribution in [-0.2, 0) is 6.54 Å². The number of benzene rings is 1. The van der Waals surface area contributed by atoms with E-state index in [0.717, 1.165) is 15.7 Å². The number of thiophene rings is 1. The van der Waals surface area contributed by atoms with Gasteiger partial charge in [0.2, 0.25) is 5.78 Å². The molecule has 0 aliphatic carbocycles. The molecule has 0 bridgehead atoms. The number of anilines is 1. The maximum atomic E-state index is 12.4. The molecule has 1 N–H and O–H groups in total. The molecule has 0 unspecified atom stereocenters. The highest BCUT2D eigenvalue weighted by Gasteiger charge is 2.21. The summed E-state index contributed by atoms with van der Waals surface area (Å²) in [6.45, 7) is 0.508. The summed E-state index contributed by atoms with van der Waals surface area (Å²) in [5.41, 5.74) is 2.36. The number of carbonyl (C=O) groups is 2. The Morgan fingerprint density at radius 1 is 1.40 bits per heavy atom. The number of rotatable bonds is 2. The smallest absolute Gasteiger partial charge is 0.321 e. The molecule has 0 spiro atoms. The molecular weight excluding hydrogens is 340 g/mol. The molecule has 0 atom stereocenters. The van der Waals surface area contributed by atoms with Gasteiger partial charge in [0.05, 0.1) is 4.88 Å². The van der Waals surface area contributed by atoms with Crippen LogP contribution in [0.4, 0.5) is 10.5 Å². The van der Waals surface area contributed by atoms with Gasteiger partial charge in [-0.25, -0.2) is 4.79 Å².